The van der Waals surface area contributed by atoms with Crippen molar-refractivity contribution in [3.63, 3.8) is 0 Å². The molecule has 0 spiro atoms. The molecule has 1 aromatic rings. The van der Waals surface area contributed by atoms with Crippen LogP contribution in [-0.2, 0) is 19.6 Å². The maximum Gasteiger partial charge on any atom is 0.408 e. The number of pyridine rings is 1. The predicted molar refractivity (Wildman–Crippen MR) is 127 cm³/mol. The van der Waals surface area contributed by atoms with E-state index in [1.807, 2.05) is 20.8 Å². The molecule has 2 rings (SSSR count). The number of aromatic nitrogens is 1. The number of nitrogens with one attached hydrogen (secondary N) is 2. The Morgan fingerprint density at radius 3 is 2.50 bits per heavy atom. The molecule has 0 aliphatic carbocycles. The molecule has 0 aromatic carbocycles. The molecule has 11 heteroatoms. The van der Waals surface area contributed by atoms with Crippen molar-refractivity contribution in [3.8, 4) is 0 Å². The number of aliphatic hydroxyl groups excluding tert-OH is 1. The van der Waals surface area contributed by atoms with Gasteiger partial charge in [0.1, 0.15) is 11.6 Å². The standard InChI is InChI=1S/C23H38N4O6S/c1-15(2)11-18(26-22(30)33-23(4,5)6)21(29)25-17-12-16(3)13-27(14-19(17)28)34(31,32)20-9-7-8-10-24-20/h7-10,15-19,28H,11-14H2,1-6H3,(H,25,29)(H,26,30)/t16-,17?,18-,19?/m0/s1. The summed E-state index contributed by atoms with van der Waals surface area (Å²) in [6.45, 7) is 10.9. The zero-order chi connectivity index (χ0) is 25.7. The zero-order valence-corrected chi connectivity index (χ0v) is 21.6. The first kappa shape index (κ1) is 28.0. The first-order valence-electron chi connectivity index (χ1n) is 11.6. The van der Waals surface area contributed by atoms with Gasteiger partial charge in [-0.05, 0) is 57.6 Å². The van der Waals surface area contributed by atoms with Crippen LogP contribution < -0.4 is 10.6 Å². The molecule has 0 radical (unpaired) electrons. The smallest absolute Gasteiger partial charge is 0.408 e. The van der Waals surface area contributed by atoms with Gasteiger partial charge in [0.25, 0.3) is 10.0 Å². The molecule has 1 aromatic heterocycles. The first-order valence-corrected chi connectivity index (χ1v) is 13.0. The Hall–Kier alpha value is -2.24. The summed E-state index contributed by atoms with van der Waals surface area (Å²) < 4.78 is 32.5. The number of hydrogen-bond acceptors (Lipinski definition) is 7. The topological polar surface area (TPSA) is 138 Å². The van der Waals surface area contributed by atoms with Crippen LogP contribution in [0.5, 0.6) is 0 Å². The molecule has 0 saturated carbocycles. The van der Waals surface area contributed by atoms with E-state index in [9.17, 15) is 23.1 Å². The number of amides is 2. The molecular formula is C23H38N4O6S. The average Bonchev–Trinajstić information content (AvgIpc) is 2.84. The summed E-state index contributed by atoms with van der Waals surface area (Å²) >= 11 is 0. The monoisotopic (exact) mass is 498 g/mol. The van der Waals surface area contributed by atoms with Gasteiger partial charge in [0.15, 0.2) is 5.03 Å². The Kier molecular flexibility index (Phi) is 9.44. The van der Waals surface area contributed by atoms with E-state index in [0.717, 1.165) is 0 Å². The second-order valence-corrected chi connectivity index (χ2v) is 12.2. The number of carbonyl (C=O) groups excluding carboxylic acids is 2. The second kappa shape index (κ2) is 11.5. The number of aliphatic hydroxyl groups is 1. The van der Waals surface area contributed by atoms with E-state index < -0.39 is 45.8 Å². The lowest BCUT2D eigenvalue weighted by atomic mass is 9.98. The molecule has 1 saturated heterocycles. The van der Waals surface area contributed by atoms with E-state index in [4.69, 9.17) is 4.74 Å². The lowest BCUT2D eigenvalue weighted by Crippen LogP contribution is -2.54. The van der Waals surface area contributed by atoms with Crippen molar-refractivity contribution in [3.05, 3.63) is 24.4 Å². The molecule has 2 unspecified atom stereocenters. The Morgan fingerprint density at radius 1 is 1.26 bits per heavy atom. The third kappa shape index (κ3) is 8.21. The summed E-state index contributed by atoms with van der Waals surface area (Å²) in [6.07, 6.45) is 0.329. The Morgan fingerprint density at radius 2 is 1.94 bits per heavy atom. The summed E-state index contributed by atoms with van der Waals surface area (Å²) in [4.78, 5) is 29.3. The number of carbonyl (C=O) groups is 2. The minimum Gasteiger partial charge on any atom is -0.444 e. The van der Waals surface area contributed by atoms with Gasteiger partial charge in [-0.2, -0.15) is 4.31 Å². The molecule has 10 nitrogen and oxygen atoms in total. The molecule has 2 heterocycles. The van der Waals surface area contributed by atoms with Crippen molar-refractivity contribution in [1.29, 1.82) is 0 Å². The van der Waals surface area contributed by atoms with E-state index in [0.29, 0.717) is 12.8 Å². The lowest BCUT2D eigenvalue weighted by molar-refractivity contribution is -0.125. The van der Waals surface area contributed by atoms with Crippen LogP contribution in [0.1, 0.15) is 54.4 Å². The van der Waals surface area contributed by atoms with Gasteiger partial charge in [0.2, 0.25) is 5.91 Å². The van der Waals surface area contributed by atoms with E-state index >= 15 is 0 Å². The van der Waals surface area contributed by atoms with Crippen molar-refractivity contribution in [1.82, 2.24) is 19.9 Å². The molecule has 34 heavy (non-hydrogen) atoms. The van der Waals surface area contributed by atoms with Gasteiger partial charge >= 0.3 is 6.09 Å². The van der Waals surface area contributed by atoms with Gasteiger partial charge in [-0.3, -0.25) is 4.79 Å². The first-order chi connectivity index (χ1) is 15.7. The molecule has 1 aliphatic rings. The minimum atomic E-state index is -3.89. The Bertz CT molecular complexity index is 933. The highest BCUT2D eigenvalue weighted by Crippen LogP contribution is 2.23. The van der Waals surface area contributed by atoms with Gasteiger partial charge in [-0.1, -0.05) is 26.8 Å². The van der Waals surface area contributed by atoms with Gasteiger partial charge in [0.05, 0.1) is 12.1 Å². The highest BCUT2D eigenvalue weighted by molar-refractivity contribution is 7.89. The molecule has 1 aliphatic heterocycles. The SMILES string of the molecule is CC(C)C[C@H](NC(=O)OC(C)(C)C)C(=O)NC1C[C@H](C)CN(S(=O)(=O)c2ccccn2)CC1O. The quantitative estimate of drug-likeness (QED) is 0.522. The van der Waals surface area contributed by atoms with Crippen molar-refractivity contribution in [2.45, 2.75) is 83.2 Å². The fourth-order valence-corrected chi connectivity index (χ4v) is 5.35. The molecule has 1 fully saturated rings. The van der Waals surface area contributed by atoms with Crippen molar-refractivity contribution in [2.75, 3.05) is 13.1 Å². The lowest BCUT2D eigenvalue weighted by Gasteiger charge is -2.28. The van der Waals surface area contributed by atoms with Crippen LogP contribution in [0.3, 0.4) is 0 Å². The van der Waals surface area contributed by atoms with Crippen LogP contribution in [-0.4, -0.2) is 71.7 Å². The van der Waals surface area contributed by atoms with E-state index in [2.05, 4.69) is 15.6 Å². The third-order valence-electron chi connectivity index (χ3n) is 5.31. The van der Waals surface area contributed by atoms with E-state index in [-0.39, 0.29) is 30.0 Å². The maximum atomic E-state index is 13.1. The number of β-amino-alcohol motifs (C(OH)–C–C–N with tert-alkyl or cyclic N) is 1. The summed E-state index contributed by atoms with van der Waals surface area (Å²) in [7, 11) is -3.89. The number of hydrogen-bond donors (Lipinski definition) is 3. The molecule has 4 atom stereocenters. The van der Waals surface area contributed by atoms with Gasteiger partial charge < -0.3 is 20.5 Å². The van der Waals surface area contributed by atoms with Crippen LogP contribution in [0.25, 0.3) is 0 Å². The number of alkyl carbamates (subject to hydrolysis) is 1. The van der Waals surface area contributed by atoms with Crippen molar-refractivity contribution < 1.29 is 27.9 Å². The van der Waals surface area contributed by atoms with Crippen LogP contribution in [0.4, 0.5) is 4.79 Å². The average molecular weight is 499 g/mol. The number of ether oxygens (including phenoxy) is 1. The predicted octanol–water partition coefficient (Wildman–Crippen LogP) is 1.90. The fourth-order valence-electron chi connectivity index (χ4n) is 3.84. The van der Waals surface area contributed by atoms with Crippen LogP contribution in [0, 0.1) is 11.8 Å². The fraction of sp³-hybridized carbons (Fsp3) is 0.696. The maximum absolute atomic E-state index is 13.1. The third-order valence-corrected chi connectivity index (χ3v) is 7.06. The van der Waals surface area contributed by atoms with Gasteiger partial charge in [-0.25, -0.2) is 18.2 Å². The molecule has 3 N–H and O–H groups in total. The van der Waals surface area contributed by atoms with Crippen LogP contribution in [0.15, 0.2) is 29.4 Å². The highest BCUT2D eigenvalue weighted by Gasteiger charge is 2.37. The molecular weight excluding hydrogens is 460 g/mol. The summed E-state index contributed by atoms with van der Waals surface area (Å²) in [5.41, 5.74) is -0.710. The molecule has 192 valence electrons. The number of sulfonamides is 1. The summed E-state index contributed by atoms with van der Waals surface area (Å²) in [5.74, 6) is -0.470. The number of nitrogens with zero attached hydrogens (tertiary/aromatic N) is 2. The van der Waals surface area contributed by atoms with E-state index in [1.165, 1.54) is 16.6 Å². The van der Waals surface area contributed by atoms with Crippen molar-refractivity contribution in [2.24, 2.45) is 11.8 Å². The Balaban J connectivity index is 2.13. The van der Waals surface area contributed by atoms with Crippen LogP contribution in [0.2, 0.25) is 0 Å². The molecule has 2 amide bonds. The minimum absolute atomic E-state index is 0.0876. The molecule has 0 bridgehead atoms. The largest absolute Gasteiger partial charge is 0.444 e. The normalized spacial score (nSPS) is 23.1. The second-order valence-electron chi connectivity index (χ2n) is 10.3. The van der Waals surface area contributed by atoms with Crippen molar-refractivity contribution >= 4 is 22.0 Å². The van der Waals surface area contributed by atoms with Gasteiger partial charge in [0, 0.05) is 19.3 Å². The summed E-state index contributed by atoms with van der Waals surface area (Å²) in [6, 6.07) is 3.10. The zero-order valence-electron chi connectivity index (χ0n) is 20.8. The Labute approximate surface area is 202 Å². The van der Waals surface area contributed by atoms with Gasteiger partial charge in [-0.15, -0.1) is 0 Å². The van der Waals surface area contributed by atoms with E-state index in [1.54, 1.807) is 32.9 Å². The van der Waals surface area contributed by atoms with Crippen LogP contribution >= 0.6 is 0 Å². The highest BCUT2D eigenvalue weighted by atomic mass is 32.2. The number of rotatable bonds is 7. The summed E-state index contributed by atoms with van der Waals surface area (Å²) in [5, 5.41) is 16.2.